The second-order valence-electron chi connectivity index (χ2n) is 4.33. The lowest BCUT2D eigenvalue weighted by Gasteiger charge is -2.12. The monoisotopic (exact) mass is 243 g/mol. The van der Waals surface area contributed by atoms with Crippen LogP contribution in [0.4, 0.5) is 5.13 Å². The molecule has 5 nitrogen and oxygen atoms in total. The number of esters is 1. The minimum atomic E-state index is -0.282. The fraction of sp³-hybridized carbons (Fsp3) is 0.700. The molecule has 1 rings (SSSR count). The van der Waals surface area contributed by atoms with Gasteiger partial charge in [-0.1, -0.05) is 20.8 Å². The van der Waals surface area contributed by atoms with Crippen LogP contribution < -0.4 is 5.32 Å². The number of hydrogen-bond donors (Lipinski definition) is 1. The molecule has 0 spiro atoms. The summed E-state index contributed by atoms with van der Waals surface area (Å²) < 4.78 is 9.02. The Morgan fingerprint density at radius 2 is 2.19 bits per heavy atom. The number of nitrogens with one attached hydrogen (secondary N) is 1. The Hall–Kier alpha value is -1.17. The molecule has 0 bridgehead atoms. The topological polar surface area (TPSA) is 64.1 Å². The molecule has 16 heavy (non-hydrogen) atoms. The van der Waals surface area contributed by atoms with E-state index in [9.17, 15) is 4.79 Å². The highest BCUT2D eigenvalue weighted by atomic mass is 32.1. The molecule has 0 aliphatic carbocycles. The lowest BCUT2D eigenvalue weighted by atomic mass is 9.96. The van der Waals surface area contributed by atoms with Crippen LogP contribution in [0.25, 0.3) is 0 Å². The van der Waals surface area contributed by atoms with Crippen LogP contribution in [0.3, 0.4) is 0 Å². The molecule has 0 aliphatic heterocycles. The van der Waals surface area contributed by atoms with E-state index in [-0.39, 0.29) is 17.9 Å². The number of carbonyl (C=O) groups is 1. The van der Waals surface area contributed by atoms with E-state index in [2.05, 4.69) is 14.7 Å². The smallest absolute Gasteiger partial charge is 0.325 e. The first-order valence-corrected chi connectivity index (χ1v) is 5.94. The van der Waals surface area contributed by atoms with Crippen LogP contribution in [0.5, 0.6) is 0 Å². The zero-order valence-electron chi connectivity index (χ0n) is 10.0. The molecule has 0 saturated heterocycles. The molecule has 1 heterocycles. The predicted octanol–water partition coefficient (Wildman–Crippen LogP) is 1.81. The van der Waals surface area contributed by atoms with Gasteiger partial charge in [-0.3, -0.25) is 4.79 Å². The third-order valence-corrected chi connectivity index (χ3v) is 2.46. The minimum absolute atomic E-state index is 0.0691. The van der Waals surface area contributed by atoms with E-state index in [1.807, 2.05) is 20.8 Å². The molecule has 0 fully saturated rings. The SMILES string of the molecule is CCOC(=O)CNc1nc(C(C)(C)C)ns1. The number of nitrogens with zero attached hydrogens (tertiary/aromatic N) is 2. The molecule has 6 heteroatoms. The fourth-order valence-electron chi connectivity index (χ4n) is 0.960. The molecule has 0 atom stereocenters. The van der Waals surface area contributed by atoms with Crippen molar-refractivity contribution in [1.82, 2.24) is 9.36 Å². The highest BCUT2D eigenvalue weighted by Crippen LogP contribution is 2.22. The van der Waals surface area contributed by atoms with Crippen LogP contribution in [0.1, 0.15) is 33.5 Å². The van der Waals surface area contributed by atoms with Crippen molar-refractivity contribution in [1.29, 1.82) is 0 Å². The van der Waals surface area contributed by atoms with Gasteiger partial charge in [-0.15, -0.1) is 0 Å². The summed E-state index contributed by atoms with van der Waals surface area (Å²) in [6.45, 7) is 8.44. The minimum Gasteiger partial charge on any atom is -0.465 e. The normalized spacial score (nSPS) is 11.2. The van der Waals surface area contributed by atoms with Crippen molar-refractivity contribution < 1.29 is 9.53 Å². The van der Waals surface area contributed by atoms with E-state index in [1.165, 1.54) is 11.5 Å². The van der Waals surface area contributed by atoms with Crippen LogP contribution >= 0.6 is 11.5 Å². The Bertz CT molecular complexity index is 357. The molecule has 0 saturated carbocycles. The summed E-state index contributed by atoms with van der Waals surface area (Å²) in [5.74, 6) is 0.499. The van der Waals surface area contributed by atoms with Crippen LogP contribution in [-0.2, 0) is 14.9 Å². The maximum absolute atomic E-state index is 11.1. The summed E-state index contributed by atoms with van der Waals surface area (Å²) in [6, 6.07) is 0. The number of anilines is 1. The average Bonchev–Trinajstić information content (AvgIpc) is 2.63. The molecular formula is C10H17N3O2S. The third-order valence-electron chi connectivity index (χ3n) is 1.79. The van der Waals surface area contributed by atoms with Crippen LogP contribution in [0, 0.1) is 0 Å². The third kappa shape index (κ3) is 3.77. The highest BCUT2D eigenvalue weighted by molar-refractivity contribution is 7.09. The van der Waals surface area contributed by atoms with Crippen LogP contribution in [0.2, 0.25) is 0 Å². The quantitative estimate of drug-likeness (QED) is 0.817. The van der Waals surface area contributed by atoms with E-state index in [0.29, 0.717) is 11.7 Å². The fourth-order valence-corrected chi connectivity index (χ4v) is 1.71. The Morgan fingerprint density at radius 1 is 1.50 bits per heavy atom. The maximum atomic E-state index is 11.1. The number of hydrogen-bond acceptors (Lipinski definition) is 6. The Morgan fingerprint density at radius 3 is 2.69 bits per heavy atom. The van der Waals surface area contributed by atoms with Gasteiger partial charge in [0.05, 0.1) is 6.61 Å². The standard InChI is InChI=1S/C10H17N3O2S/c1-5-15-7(14)6-11-9-12-8(13-16-9)10(2,3)4/h5-6H2,1-4H3,(H,11,12,13). The number of ether oxygens (including phenoxy) is 1. The van der Waals surface area contributed by atoms with E-state index in [1.54, 1.807) is 6.92 Å². The van der Waals surface area contributed by atoms with E-state index >= 15 is 0 Å². The molecule has 0 amide bonds. The Balaban J connectivity index is 2.50. The van der Waals surface area contributed by atoms with Gasteiger partial charge in [0, 0.05) is 16.9 Å². The molecule has 0 aromatic carbocycles. The van der Waals surface area contributed by atoms with Gasteiger partial charge in [0.15, 0.2) is 0 Å². The number of rotatable bonds is 4. The summed E-state index contributed by atoms with van der Waals surface area (Å²) in [5.41, 5.74) is -0.0691. The molecule has 0 unspecified atom stereocenters. The first-order chi connectivity index (χ1) is 7.43. The summed E-state index contributed by atoms with van der Waals surface area (Å²) in [7, 11) is 0. The summed E-state index contributed by atoms with van der Waals surface area (Å²) in [4.78, 5) is 15.4. The van der Waals surface area contributed by atoms with E-state index < -0.39 is 0 Å². The molecule has 90 valence electrons. The molecule has 0 aliphatic rings. The summed E-state index contributed by atoms with van der Waals surface area (Å²) >= 11 is 1.26. The van der Waals surface area contributed by atoms with Gasteiger partial charge in [0.1, 0.15) is 12.4 Å². The molecule has 0 radical (unpaired) electrons. The number of carbonyl (C=O) groups excluding carboxylic acids is 1. The average molecular weight is 243 g/mol. The highest BCUT2D eigenvalue weighted by Gasteiger charge is 2.19. The molecular weight excluding hydrogens is 226 g/mol. The van der Waals surface area contributed by atoms with Crippen LogP contribution in [-0.4, -0.2) is 28.5 Å². The zero-order valence-corrected chi connectivity index (χ0v) is 10.8. The van der Waals surface area contributed by atoms with Crippen LogP contribution in [0.15, 0.2) is 0 Å². The van der Waals surface area contributed by atoms with Crippen molar-refractivity contribution >= 4 is 22.6 Å². The largest absolute Gasteiger partial charge is 0.465 e. The van der Waals surface area contributed by atoms with Gasteiger partial charge in [-0.2, -0.15) is 4.37 Å². The van der Waals surface area contributed by atoms with Crippen molar-refractivity contribution in [2.75, 3.05) is 18.5 Å². The van der Waals surface area contributed by atoms with E-state index in [4.69, 9.17) is 4.74 Å². The Labute approximate surface area is 99.4 Å². The molecule has 1 aromatic heterocycles. The molecule has 1 aromatic rings. The van der Waals surface area contributed by atoms with Gasteiger partial charge < -0.3 is 10.1 Å². The lowest BCUT2D eigenvalue weighted by molar-refractivity contribution is -0.140. The van der Waals surface area contributed by atoms with Crippen molar-refractivity contribution in [2.45, 2.75) is 33.1 Å². The van der Waals surface area contributed by atoms with Crippen molar-refractivity contribution in [3.63, 3.8) is 0 Å². The summed E-state index contributed by atoms with van der Waals surface area (Å²) in [5, 5.41) is 3.54. The lowest BCUT2D eigenvalue weighted by Crippen LogP contribution is -2.17. The van der Waals surface area contributed by atoms with Gasteiger partial charge in [0.2, 0.25) is 5.13 Å². The van der Waals surface area contributed by atoms with Gasteiger partial charge in [0.25, 0.3) is 0 Å². The van der Waals surface area contributed by atoms with Gasteiger partial charge >= 0.3 is 5.97 Å². The number of aromatic nitrogens is 2. The second-order valence-corrected chi connectivity index (χ2v) is 5.08. The first-order valence-electron chi connectivity index (χ1n) is 5.17. The van der Waals surface area contributed by atoms with Crippen molar-refractivity contribution in [3.8, 4) is 0 Å². The Kier molecular flexibility index (Phi) is 4.23. The maximum Gasteiger partial charge on any atom is 0.325 e. The van der Waals surface area contributed by atoms with Crippen molar-refractivity contribution in [3.05, 3.63) is 5.82 Å². The zero-order chi connectivity index (χ0) is 12.2. The van der Waals surface area contributed by atoms with Gasteiger partial charge in [-0.25, -0.2) is 4.98 Å². The van der Waals surface area contributed by atoms with Gasteiger partial charge in [-0.05, 0) is 6.92 Å². The second kappa shape index (κ2) is 5.25. The predicted molar refractivity (Wildman–Crippen MR) is 63.7 cm³/mol. The summed E-state index contributed by atoms with van der Waals surface area (Å²) in [6.07, 6.45) is 0. The first kappa shape index (κ1) is 12.9. The van der Waals surface area contributed by atoms with Crippen molar-refractivity contribution in [2.24, 2.45) is 0 Å². The molecule has 1 N–H and O–H groups in total. The van der Waals surface area contributed by atoms with E-state index in [0.717, 1.165) is 5.82 Å².